The van der Waals surface area contributed by atoms with Crippen molar-refractivity contribution >= 4 is 11.6 Å². The van der Waals surface area contributed by atoms with E-state index in [0.29, 0.717) is 6.54 Å². The zero-order valence-corrected chi connectivity index (χ0v) is 17.1. The van der Waals surface area contributed by atoms with Gasteiger partial charge in [0.25, 0.3) is 5.91 Å². The molecule has 2 N–H and O–H groups in total. The van der Waals surface area contributed by atoms with Crippen LogP contribution in [-0.2, 0) is 11.2 Å². The van der Waals surface area contributed by atoms with Crippen molar-refractivity contribution in [2.24, 2.45) is 0 Å². The summed E-state index contributed by atoms with van der Waals surface area (Å²) in [5.41, 5.74) is 2.95. The number of amides is 1. The van der Waals surface area contributed by atoms with Gasteiger partial charge in [0.2, 0.25) is 0 Å². The molecule has 1 atom stereocenters. The van der Waals surface area contributed by atoms with Gasteiger partial charge in [0, 0.05) is 17.8 Å². The smallest absolute Gasteiger partial charge is 0.255 e. The summed E-state index contributed by atoms with van der Waals surface area (Å²) in [7, 11) is 1.62. The van der Waals surface area contributed by atoms with Gasteiger partial charge < -0.3 is 15.4 Å². The Balaban J connectivity index is 1.63. The van der Waals surface area contributed by atoms with Crippen LogP contribution in [0.4, 0.5) is 5.69 Å². The summed E-state index contributed by atoms with van der Waals surface area (Å²) in [5.74, 6) is 6.78. The Hall–Kier alpha value is -3.71. The summed E-state index contributed by atoms with van der Waals surface area (Å²) in [5, 5.41) is 6.22. The van der Waals surface area contributed by atoms with Crippen molar-refractivity contribution in [2.75, 3.05) is 19.0 Å². The van der Waals surface area contributed by atoms with Crippen LogP contribution in [0.2, 0.25) is 0 Å². The number of nitrogens with one attached hydrogen (secondary N) is 2. The number of carbonyl (C=O) groups excluding carboxylic acids is 1. The number of rotatable bonds is 8. The number of aryl methyl sites for hydroxylation is 1. The zero-order valence-electron chi connectivity index (χ0n) is 17.1. The van der Waals surface area contributed by atoms with Crippen LogP contribution >= 0.6 is 0 Å². The number of anilines is 1. The first kappa shape index (κ1) is 21.0. The molecule has 1 unspecified atom stereocenters. The Morgan fingerprint density at radius 2 is 1.60 bits per heavy atom. The lowest BCUT2D eigenvalue weighted by Crippen LogP contribution is -2.39. The molecule has 0 saturated carbocycles. The molecule has 3 rings (SSSR count). The van der Waals surface area contributed by atoms with Crippen LogP contribution in [0.1, 0.15) is 17.5 Å². The molecule has 0 aromatic heterocycles. The molecule has 3 aromatic carbocycles. The lowest BCUT2D eigenvalue weighted by atomic mass is 10.1. The summed E-state index contributed by atoms with van der Waals surface area (Å²) in [6.07, 6.45) is 1.80. The quantitative estimate of drug-likeness (QED) is 0.440. The first-order chi connectivity index (χ1) is 14.7. The maximum absolute atomic E-state index is 12.8. The molecular weight excluding hydrogens is 372 g/mol. The predicted molar refractivity (Wildman–Crippen MR) is 121 cm³/mol. The highest BCUT2D eigenvalue weighted by Gasteiger charge is 2.15. The highest BCUT2D eigenvalue weighted by Crippen LogP contribution is 2.16. The highest BCUT2D eigenvalue weighted by atomic mass is 16.5. The van der Waals surface area contributed by atoms with Crippen molar-refractivity contribution in [3.63, 3.8) is 0 Å². The maximum atomic E-state index is 12.8. The minimum atomic E-state index is -0.657. The summed E-state index contributed by atoms with van der Waals surface area (Å²) in [6, 6.07) is 26.7. The van der Waals surface area contributed by atoms with Gasteiger partial charge in [-0.3, -0.25) is 4.79 Å². The van der Waals surface area contributed by atoms with Crippen LogP contribution in [0.15, 0.2) is 84.9 Å². The third-order valence-corrected chi connectivity index (χ3v) is 4.58. The van der Waals surface area contributed by atoms with E-state index in [-0.39, 0.29) is 5.91 Å². The Bertz CT molecular complexity index is 974. The van der Waals surface area contributed by atoms with Crippen LogP contribution in [-0.4, -0.2) is 25.6 Å². The van der Waals surface area contributed by atoms with E-state index < -0.39 is 6.04 Å². The van der Waals surface area contributed by atoms with E-state index in [2.05, 4.69) is 34.6 Å². The molecule has 0 radical (unpaired) electrons. The molecule has 0 aliphatic heterocycles. The second kappa shape index (κ2) is 11.3. The monoisotopic (exact) mass is 398 g/mol. The molecule has 0 aliphatic rings. The molecule has 3 aromatic rings. The van der Waals surface area contributed by atoms with Crippen molar-refractivity contribution in [1.29, 1.82) is 0 Å². The third kappa shape index (κ3) is 6.72. The molecule has 0 heterocycles. The lowest BCUT2D eigenvalue weighted by Gasteiger charge is -2.15. The largest absolute Gasteiger partial charge is 0.497 e. The van der Waals surface area contributed by atoms with Crippen LogP contribution in [0.5, 0.6) is 5.75 Å². The van der Waals surface area contributed by atoms with E-state index in [0.717, 1.165) is 29.8 Å². The molecule has 0 aliphatic carbocycles. The Morgan fingerprint density at radius 3 is 2.27 bits per heavy atom. The summed E-state index contributed by atoms with van der Waals surface area (Å²) in [6.45, 7) is 0.599. The first-order valence-corrected chi connectivity index (χ1v) is 10.0. The van der Waals surface area contributed by atoms with Crippen molar-refractivity contribution in [3.8, 4) is 17.6 Å². The van der Waals surface area contributed by atoms with E-state index in [1.165, 1.54) is 5.56 Å². The maximum Gasteiger partial charge on any atom is 0.255 e. The third-order valence-electron chi connectivity index (χ3n) is 4.58. The molecule has 4 heteroatoms. The van der Waals surface area contributed by atoms with Crippen molar-refractivity contribution < 1.29 is 9.53 Å². The van der Waals surface area contributed by atoms with Gasteiger partial charge in [-0.2, -0.15) is 0 Å². The van der Waals surface area contributed by atoms with Gasteiger partial charge >= 0.3 is 0 Å². The van der Waals surface area contributed by atoms with Gasteiger partial charge in [0.1, 0.15) is 5.75 Å². The fourth-order valence-corrected chi connectivity index (χ4v) is 2.95. The van der Waals surface area contributed by atoms with Crippen LogP contribution in [0.3, 0.4) is 0 Å². The van der Waals surface area contributed by atoms with E-state index in [1.807, 2.05) is 72.8 Å². The van der Waals surface area contributed by atoms with Crippen molar-refractivity contribution in [3.05, 3.63) is 96.1 Å². The van der Waals surface area contributed by atoms with Gasteiger partial charge in [-0.15, -0.1) is 0 Å². The van der Waals surface area contributed by atoms with E-state index >= 15 is 0 Å². The zero-order chi connectivity index (χ0) is 21.0. The summed E-state index contributed by atoms with van der Waals surface area (Å²) < 4.78 is 5.19. The summed E-state index contributed by atoms with van der Waals surface area (Å²) in [4.78, 5) is 12.8. The predicted octanol–water partition coefficient (Wildman–Crippen LogP) is 4.28. The summed E-state index contributed by atoms with van der Waals surface area (Å²) >= 11 is 0. The number of methoxy groups -OCH3 is 1. The molecule has 0 spiro atoms. The number of hydrogen-bond acceptors (Lipinski definition) is 3. The van der Waals surface area contributed by atoms with Gasteiger partial charge in [-0.1, -0.05) is 60.4 Å². The van der Waals surface area contributed by atoms with Gasteiger partial charge in [0.15, 0.2) is 6.04 Å². The molecule has 4 nitrogen and oxygen atoms in total. The SMILES string of the molecule is COc1ccc(NC(C#Cc2ccccc2)C(=O)NCCCc2ccccc2)cc1. The van der Waals surface area contributed by atoms with Gasteiger partial charge in [0.05, 0.1) is 7.11 Å². The van der Waals surface area contributed by atoms with Crippen LogP contribution < -0.4 is 15.4 Å². The van der Waals surface area contributed by atoms with E-state index in [1.54, 1.807) is 7.11 Å². The Kier molecular flexibility index (Phi) is 7.93. The number of benzene rings is 3. The molecule has 0 fully saturated rings. The average Bonchev–Trinajstić information content (AvgIpc) is 2.81. The number of carbonyl (C=O) groups is 1. The molecular formula is C26H26N2O2. The van der Waals surface area contributed by atoms with Crippen molar-refractivity contribution in [1.82, 2.24) is 5.32 Å². The molecule has 1 amide bonds. The molecule has 152 valence electrons. The second-order valence-electron chi connectivity index (χ2n) is 6.82. The van der Waals surface area contributed by atoms with E-state index in [9.17, 15) is 4.79 Å². The normalized spacial score (nSPS) is 11.0. The molecule has 0 bridgehead atoms. The van der Waals surface area contributed by atoms with Gasteiger partial charge in [-0.25, -0.2) is 0 Å². The second-order valence-corrected chi connectivity index (χ2v) is 6.82. The van der Waals surface area contributed by atoms with Crippen LogP contribution in [0, 0.1) is 11.8 Å². The lowest BCUT2D eigenvalue weighted by molar-refractivity contribution is -0.120. The topological polar surface area (TPSA) is 50.4 Å². The minimum Gasteiger partial charge on any atom is -0.497 e. The molecule has 30 heavy (non-hydrogen) atoms. The Labute approximate surface area is 178 Å². The van der Waals surface area contributed by atoms with Crippen molar-refractivity contribution in [2.45, 2.75) is 18.9 Å². The standard InChI is InChI=1S/C26H26N2O2/c1-30-24-17-15-23(16-18-24)28-25(19-14-22-11-6-3-7-12-22)26(29)27-20-8-13-21-9-4-2-5-10-21/h2-7,9-12,15-18,25,28H,8,13,20H2,1H3,(H,27,29). The molecule has 0 saturated heterocycles. The van der Waals surface area contributed by atoms with Crippen LogP contribution in [0.25, 0.3) is 0 Å². The number of hydrogen-bond donors (Lipinski definition) is 2. The highest BCUT2D eigenvalue weighted by molar-refractivity contribution is 5.88. The number of ether oxygens (including phenoxy) is 1. The minimum absolute atomic E-state index is 0.137. The van der Waals surface area contributed by atoms with Gasteiger partial charge in [-0.05, 0) is 54.8 Å². The first-order valence-electron chi connectivity index (χ1n) is 10.0. The fraction of sp³-hybridized carbons (Fsp3) is 0.192. The fourth-order valence-electron chi connectivity index (χ4n) is 2.95. The average molecular weight is 399 g/mol. The Morgan fingerprint density at radius 1 is 0.933 bits per heavy atom. The van der Waals surface area contributed by atoms with E-state index in [4.69, 9.17) is 4.74 Å².